The number of imidazole rings is 1. The van der Waals surface area contributed by atoms with Crippen LogP contribution in [0.1, 0.15) is 213 Å². The Hall–Kier alpha value is -0.790. The van der Waals surface area contributed by atoms with Crippen LogP contribution in [0.15, 0.2) is 12.4 Å². The molecule has 1 rings (SSSR count). The minimum absolute atomic E-state index is 1.22. The second-order valence-electron chi connectivity index (χ2n) is 13.0. The molecule has 0 N–H and O–H groups in total. The number of aromatic nitrogens is 2. The van der Waals surface area contributed by atoms with Gasteiger partial charge in [-0.1, -0.05) is 175 Å². The molecule has 0 atom stereocenters. The third kappa shape index (κ3) is 21.9. The maximum Gasteiger partial charge on any atom is 0.256 e. The summed E-state index contributed by atoms with van der Waals surface area (Å²) in [6.07, 6.45) is 47.4. The van der Waals surface area contributed by atoms with Crippen LogP contribution < -0.4 is 4.57 Å². The van der Waals surface area contributed by atoms with E-state index in [0.29, 0.717) is 0 Å². The SMILES string of the molecule is CCCCCCCCCCCCCCCCC[n+]1ccn(CCCCCCC)c1CCCCCCCCCCC. The molecule has 0 aliphatic carbocycles. The van der Waals surface area contributed by atoms with Crippen LogP contribution in [0, 0.1) is 0 Å². The molecule has 0 unspecified atom stereocenters. The molecule has 0 spiro atoms. The highest BCUT2D eigenvalue weighted by Crippen LogP contribution is 2.15. The third-order valence-corrected chi connectivity index (χ3v) is 9.10. The fourth-order valence-corrected chi connectivity index (χ4v) is 6.33. The molecule has 40 heavy (non-hydrogen) atoms. The number of aryl methyl sites for hydroxylation is 2. The third-order valence-electron chi connectivity index (χ3n) is 9.10. The van der Waals surface area contributed by atoms with Crippen LogP contribution in [0.5, 0.6) is 0 Å². The monoisotopic (exact) mass is 560 g/mol. The summed E-state index contributed by atoms with van der Waals surface area (Å²) in [5.74, 6) is 1.61. The van der Waals surface area contributed by atoms with E-state index >= 15 is 0 Å². The summed E-state index contributed by atoms with van der Waals surface area (Å²) in [4.78, 5) is 0. The second kappa shape index (κ2) is 29.7. The Morgan fingerprint density at radius 1 is 0.425 bits per heavy atom. The van der Waals surface area contributed by atoms with Gasteiger partial charge in [0, 0.05) is 6.42 Å². The van der Waals surface area contributed by atoms with E-state index in [1.807, 2.05) is 0 Å². The van der Waals surface area contributed by atoms with Gasteiger partial charge in [0.05, 0.1) is 13.1 Å². The molecule has 0 fully saturated rings. The highest BCUT2D eigenvalue weighted by atomic mass is 15.1. The van der Waals surface area contributed by atoms with Crippen molar-refractivity contribution in [1.29, 1.82) is 0 Å². The van der Waals surface area contributed by atoms with Gasteiger partial charge in [-0.2, -0.15) is 0 Å². The molecule has 1 aromatic rings. The molecule has 1 aromatic heterocycles. The van der Waals surface area contributed by atoms with Gasteiger partial charge in [0.2, 0.25) is 0 Å². The fraction of sp³-hybridized carbons (Fsp3) is 0.921. The first-order chi connectivity index (χ1) is 19.8. The largest absolute Gasteiger partial charge is 0.256 e. The normalized spacial score (nSPS) is 11.6. The Bertz CT molecular complexity index is 619. The van der Waals surface area contributed by atoms with E-state index in [2.05, 4.69) is 42.3 Å². The predicted octanol–water partition coefficient (Wildman–Crippen LogP) is 12.7. The zero-order chi connectivity index (χ0) is 28.8. The minimum atomic E-state index is 1.22. The van der Waals surface area contributed by atoms with Crippen LogP contribution in [0.2, 0.25) is 0 Å². The summed E-state index contributed by atoms with van der Waals surface area (Å²) in [6.45, 7) is 9.39. The number of hydrogen-bond acceptors (Lipinski definition) is 0. The lowest BCUT2D eigenvalue weighted by Crippen LogP contribution is -2.37. The molecule has 236 valence electrons. The van der Waals surface area contributed by atoms with Crippen LogP contribution in [0.3, 0.4) is 0 Å². The molecule has 0 aliphatic rings. The van der Waals surface area contributed by atoms with Crippen LogP contribution in [-0.4, -0.2) is 4.57 Å². The van der Waals surface area contributed by atoms with E-state index in [-0.39, 0.29) is 0 Å². The molecule has 0 radical (unpaired) electrons. The van der Waals surface area contributed by atoms with Gasteiger partial charge in [0.1, 0.15) is 12.4 Å². The molecule has 0 saturated carbocycles. The van der Waals surface area contributed by atoms with Crippen LogP contribution in [0.25, 0.3) is 0 Å². The first-order valence-electron chi connectivity index (χ1n) is 18.9. The maximum atomic E-state index is 2.62. The molecule has 0 amide bonds. The zero-order valence-electron chi connectivity index (χ0n) is 28.2. The smallest absolute Gasteiger partial charge is 0.234 e. The molecular weight excluding hydrogens is 484 g/mol. The Morgan fingerprint density at radius 3 is 1.20 bits per heavy atom. The van der Waals surface area contributed by atoms with Gasteiger partial charge in [-0.3, -0.25) is 0 Å². The molecule has 1 heterocycles. The quantitative estimate of drug-likeness (QED) is 0.0613. The highest BCUT2D eigenvalue weighted by molar-refractivity contribution is 4.84. The van der Waals surface area contributed by atoms with Crippen molar-refractivity contribution >= 4 is 0 Å². The van der Waals surface area contributed by atoms with E-state index in [1.54, 1.807) is 5.82 Å². The van der Waals surface area contributed by atoms with Gasteiger partial charge in [-0.05, 0) is 32.1 Å². The van der Waals surface area contributed by atoms with E-state index in [1.165, 1.54) is 206 Å². The van der Waals surface area contributed by atoms with Crippen molar-refractivity contribution in [2.45, 2.75) is 226 Å². The van der Waals surface area contributed by atoms with Crippen LogP contribution in [0.4, 0.5) is 0 Å². The Kier molecular flexibility index (Phi) is 27.6. The number of hydrogen-bond donors (Lipinski definition) is 0. The number of rotatable bonds is 32. The molecular formula is C38H75N2+. The number of nitrogens with zero attached hydrogens (tertiary/aromatic N) is 2. The van der Waals surface area contributed by atoms with Crippen molar-refractivity contribution < 1.29 is 4.57 Å². The van der Waals surface area contributed by atoms with Crippen molar-refractivity contribution in [1.82, 2.24) is 4.57 Å². The molecule has 0 aromatic carbocycles. The van der Waals surface area contributed by atoms with Crippen molar-refractivity contribution in [3.05, 3.63) is 18.2 Å². The summed E-state index contributed by atoms with van der Waals surface area (Å²) in [7, 11) is 0. The van der Waals surface area contributed by atoms with E-state index in [0.717, 1.165) is 0 Å². The van der Waals surface area contributed by atoms with Gasteiger partial charge < -0.3 is 0 Å². The lowest BCUT2D eigenvalue weighted by molar-refractivity contribution is -0.704. The Balaban J connectivity index is 2.21. The topological polar surface area (TPSA) is 8.81 Å². The summed E-state index contributed by atoms with van der Waals surface area (Å²) >= 11 is 0. The van der Waals surface area contributed by atoms with Gasteiger partial charge in [0.15, 0.2) is 0 Å². The summed E-state index contributed by atoms with van der Waals surface area (Å²) < 4.78 is 5.24. The van der Waals surface area contributed by atoms with Crippen LogP contribution >= 0.6 is 0 Å². The zero-order valence-corrected chi connectivity index (χ0v) is 28.2. The van der Waals surface area contributed by atoms with Gasteiger partial charge >= 0.3 is 0 Å². The van der Waals surface area contributed by atoms with Gasteiger partial charge in [-0.25, -0.2) is 9.13 Å². The molecule has 0 bridgehead atoms. The number of unbranched alkanes of at least 4 members (excludes halogenated alkanes) is 26. The van der Waals surface area contributed by atoms with Gasteiger partial charge in [-0.15, -0.1) is 0 Å². The maximum absolute atomic E-state index is 2.62. The minimum Gasteiger partial charge on any atom is -0.234 e. The van der Waals surface area contributed by atoms with Crippen molar-refractivity contribution in [2.24, 2.45) is 0 Å². The average Bonchev–Trinajstić information content (AvgIpc) is 3.35. The van der Waals surface area contributed by atoms with Crippen molar-refractivity contribution in [3.8, 4) is 0 Å². The van der Waals surface area contributed by atoms with E-state index in [9.17, 15) is 0 Å². The van der Waals surface area contributed by atoms with Crippen LogP contribution in [-0.2, 0) is 19.5 Å². The standard InChI is InChI=1S/C38H75N2/c1-4-7-10-13-15-17-18-19-20-21-22-24-26-29-32-35-40-37-36-39(34-31-28-12-9-6-3)38(40)33-30-27-25-23-16-14-11-8-5-2/h36-37H,4-35H2,1-3H3/q+1. The lowest BCUT2D eigenvalue weighted by Gasteiger charge is -2.07. The molecule has 2 nitrogen and oxygen atoms in total. The van der Waals surface area contributed by atoms with Gasteiger partial charge in [0.25, 0.3) is 5.82 Å². The van der Waals surface area contributed by atoms with Crippen molar-refractivity contribution in [2.75, 3.05) is 0 Å². The summed E-state index contributed by atoms with van der Waals surface area (Å²) in [5.41, 5.74) is 0. The molecule has 0 saturated heterocycles. The van der Waals surface area contributed by atoms with E-state index in [4.69, 9.17) is 0 Å². The Morgan fingerprint density at radius 2 is 0.775 bits per heavy atom. The predicted molar refractivity (Wildman–Crippen MR) is 179 cm³/mol. The Labute approximate surface area is 253 Å². The second-order valence-corrected chi connectivity index (χ2v) is 13.0. The van der Waals surface area contributed by atoms with Crippen molar-refractivity contribution in [3.63, 3.8) is 0 Å². The van der Waals surface area contributed by atoms with E-state index < -0.39 is 0 Å². The molecule has 0 aliphatic heterocycles. The first kappa shape index (κ1) is 37.2. The first-order valence-corrected chi connectivity index (χ1v) is 18.9. The fourth-order valence-electron chi connectivity index (χ4n) is 6.33. The average molecular weight is 560 g/mol. The molecule has 2 heteroatoms. The lowest BCUT2D eigenvalue weighted by atomic mass is 10.0. The highest BCUT2D eigenvalue weighted by Gasteiger charge is 2.16. The summed E-state index contributed by atoms with van der Waals surface area (Å²) in [6, 6.07) is 0. The summed E-state index contributed by atoms with van der Waals surface area (Å²) in [5, 5.41) is 0.